The minimum absolute atomic E-state index is 0.701. The molecule has 122 valence electrons. The van der Waals surface area contributed by atoms with Gasteiger partial charge < -0.3 is 4.90 Å². The van der Waals surface area contributed by atoms with Crippen LogP contribution in [0.2, 0.25) is 0 Å². The second-order valence-corrected chi connectivity index (χ2v) is 6.10. The Hall–Kier alpha value is -3.20. The average Bonchev–Trinajstić information content (AvgIpc) is 2.67. The molecule has 0 N–H and O–H groups in total. The molecule has 0 aliphatic heterocycles. The van der Waals surface area contributed by atoms with E-state index in [9.17, 15) is 0 Å². The van der Waals surface area contributed by atoms with Crippen molar-refractivity contribution in [3.63, 3.8) is 0 Å². The molecule has 0 saturated heterocycles. The van der Waals surface area contributed by atoms with E-state index >= 15 is 0 Å². The molecule has 25 heavy (non-hydrogen) atoms. The number of aromatic nitrogens is 2. The third-order valence-electron chi connectivity index (χ3n) is 4.42. The van der Waals surface area contributed by atoms with Gasteiger partial charge in [-0.3, -0.25) is 0 Å². The van der Waals surface area contributed by atoms with Gasteiger partial charge in [-0.25, -0.2) is 9.97 Å². The highest BCUT2D eigenvalue weighted by Gasteiger charge is 2.14. The monoisotopic (exact) mass is 325 g/mol. The molecule has 3 aromatic carbocycles. The smallest absolute Gasteiger partial charge is 0.230 e. The molecule has 0 unspecified atom stereocenters. The van der Waals surface area contributed by atoms with Gasteiger partial charge in [-0.15, -0.1) is 0 Å². The minimum Gasteiger partial charge on any atom is -0.313 e. The summed E-state index contributed by atoms with van der Waals surface area (Å²) in [6.07, 6.45) is 0. The number of anilines is 2. The minimum atomic E-state index is 0.701. The Balaban J connectivity index is 1.93. The largest absolute Gasteiger partial charge is 0.313 e. The lowest BCUT2D eigenvalue weighted by Crippen LogP contribution is -2.14. The second-order valence-electron chi connectivity index (χ2n) is 6.10. The summed E-state index contributed by atoms with van der Waals surface area (Å²) in [4.78, 5) is 11.7. The van der Waals surface area contributed by atoms with Gasteiger partial charge in [-0.2, -0.15) is 0 Å². The standard InChI is InChI=1S/C22H19N3/c1-16-10-6-9-15-20(16)25(2)22-23-19-14-8-7-13-18(19)21(24-22)17-11-4-3-5-12-17/h3-15H,1-2H3. The first-order chi connectivity index (χ1) is 12.2. The van der Waals surface area contributed by atoms with Crippen LogP contribution in [0, 0.1) is 6.92 Å². The van der Waals surface area contributed by atoms with Crippen LogP contribution in [-0.4, -0.2) is 17.0 Å². The van der Waals surface area contributed by atoms with Crippen molar-refractivity contribution < 1.29 is 0 Å². The Bertz CT molecular complexity index is 1030. The maximum Gasteiger partial charge on any atom is 0.230 e. The van der Waals surface area contributed by atoms with Gasteiger partial charge in [0.05, 0.1) is 11.2 Å². The van der Waals surface area contributed by atoms with Gasteiger partial charge in [-0.1, -0.05) is 66.7 Å². The van der Waals surface area contributed by atoms with Crippen molar-refractivity contribution in [2.24, 2.45) is 0 Å². The van der Waals surface area contributed by atoms with Crippen LogP contribution in [0.4, 0.5) is 11.6 Å². The molecule has 0 bridgehead atoms. The number of para-hydroxylation sites is 2. The van der Waals surface area contributed by atoms with E-state index < -0.39 is 0 Å². The molecule has 4 rings (SSSR count). The molecule has 0 spiro atoms. The second kappa shape index (κ2) is 6.36. The number of benzene rings is 3. The van der Waals surface area contributed by atoms with E-state index in [1.54, 1.807) is 0 Å². The zero-order valence-electron chi connectivity index (χ0n) is 14.3. The van der Waals surface area contributed by atoms with Crippen LogP contribution in [0.3, 0.4) is 0 Å². The number of fused-ring (bicyclic) bond motifs is 1. The number of nitrogens with zero attached hydrogens (tertiary/aromatic N) is 3. The zero-order chi connectivity index (χ0) is 17.2. The molecule has 3 heteroatoms. The van der Waals surface area contributed by atoms with Crippen LogP contribution in [0.25, 0.3) is 22.2 Å². The summed E-state index contributed by atoms with van der Waals surface area (Å²) in [7, 11) is 2.02. The first-order valence-corrected chi connectivity index (χ1v) is 8.35. The molecule has 1 aromatic heterocycles. The lowest BCUT2D eigenvalue weighted by molar-refractivity contribution is 1.06. The predicted molar refractivity (Wildman–Crippen MR) is 104 cm³/mol. The van der Waals surface area contributed by atoms with Gasteiger partial charge in [0, 0.05) is 23.7 Å². The maximum absolute atomic E-state index is 4.90. The number of hydrogen-bond acceptors (Lipinski definition) is 3. The van der Waals surface area contributed by atoms with E-state index in [4.69, 9.17) is 9.97 Å². The van der Waals surface area contributed by atoms with Gasteiger partial charge in [0.2, 0.25) is 5.95 Å². The fourth-order valence-corrected chi connectivity index (χ4v) is 3.08. The number of hydrogen-bond donors (Lipinski definition) is 0. The van der Waals surface area contributed by atoms with Gasteiger partial charge in [-0.05, 0) is 24.6 Å². The van der Waals surface area contributed by atoms with E-state index in [-0.39, 0.29) is 0 Å². The molecule has 1 heterocycles. The van der Waals surface area contributed by atoms with Crippen molar-refractivity contribution in [2.75, 3.05) is 11.9 Å². The molecule has 0 aliphatic carbocycles. The summed E-state index contributed by atoms with van der Waals surface area (Å²) in [5.41, 5.74) is 5.31. The summed E-state index contributed by atoms with van der Waals surface area (Å²) >= 11 is 0. The molecule has 4 aromatic rings. The maximum atomic E-state index is 4.90. The molecular weight excluding hydrogens is 306 g/mol. The van der Waals surface area contributed by atoms with Gasteiger partial charge in [0.15, 0.2) is 0 Å². The number of rotatable bonds is 3. The van der Waals surface area contributed by atoms with Crippen molar-refractivity contribution in [3.8, 4) is 11.3 Å². The summed E-state index contributed by atoms with van der Waals surface area (Å²) in [5.74, 6) is 0.701. The normalized spacial score (nSPS) is 10.8. The molecule has 0 radical (unpaired) electrons. The molecule has 0 amide bonds. The van der Waals surface area contributed by atoms with Crippen LogP contribution < -0.4 is 4.90 Å². The third-order valence-corrected chi connectivity index (χ3v) is 4.42. The molecule has 0 aliphatic rings. The molecule has 0 atom stereocenters. The summed E-state index contributed by atoms with van der Waals surface area (Å²) in [6, 6.07) is 26.7. The SMILES string of the molecule is Cc1ccccc1N(C)c1nc(-c2ccccc2)c2ccccc2n1. The van der Waals surface area contributed by atoms with Crippen molar-refractivity contribution in [1.29, 1.82) is 0 Å². The van der Waals surface area contributed by atoms with Crippen LogP contribution in [-0.2, 0) is 0 Å². The van der Waals surface area contributed by atoms with Crippen LogP contribution in [0.1, 0.15) is 5.56 Å². The molecule has 0 fully saturated rings. The summed E-state index contributed by atoms with van der Waals surface area (Å²) < 4.78 is 0. The predicted octanol–water partition coefficient (Wildman–Crippen LogP) is 5.37. The first kappa shape index (κ1) is 15.3. The van der Waals surface area contributed by atoms with Crippen LogP contribution in [0.5, 0.6) is 0 Å². The highest BCUT2D eigenvalue weighted by Crippen LogP contribution is 2.30. The van der Waals surface area contributed by atoms with Gasteiger partial charge >= 0.3 is 0 Å². The van der Waals surface area contributed by atoms with E-state index in [2.05, 4.69) is 37.3 Å². The van der Waals surface area contributed by atoms with Crippen LogP contribution >= 0.6 is 0 Å². The lowest BCUT2D eigenvalue weighted by Gasteiger charge is -2.20. The highest BCUT2D eigenvalue weighted by molar-refractivity contribution is 5.93. The van der Waals surface area contributed by atoms with E-state index in [0.29, 0.717) is 5.95 Å². The first-order valence-electron chi connectivity index (χ1n) is 8.35. The topological polar surface area (TPSA) is 29.0 Å². The third kappa shape index (κ3) is 2.85. The van der Waals surface area contributed by atoms with E-state index in [1.165, 1.54) is 5.56 Å². The Morgan fingerprint density at radius 2 is 1.40 bits per heavy atom. The molecule has 0 saturated carbocycles. The van der Waals surface area contributed by atoms with Crippen LogP contribution in [0.15, 0.2) is 78.9 Å². The summed E-state index contributed by atoms with van der Waals surface area (Å²) in [5, 5.41) is 1.07. The Labute approximate surface area is 147 Å². The lowest BCUT2D eigenvalue weighted by atomic mass is 10.1. The summed E-state index contributed by atoms with van der Waals surface area (Å²) in [6.45, 7) is 2.10. The fourth-order valence-electron chi connectivity index (χ4n) is 3.08. The van der Waals surface area contributed by atoms with Crippen molar-refractivity contribution in [2.45, 2.75) is 6.92 Å². The van der Waals surface area contributed by atoms with Crippen molar-refractivity contribution >= 4 is 22.5 Å². The zero-order valence-corrected chi connectivity index (χ0v) is 14.3. The fraction of sp³-hybridized carbons (Fsp3) is 0.0909. The quantitative estimate of drug-likeness (QED) is 0.507. The molecule has 3 nitrogen and oxygen atoms in total. The van der Waals surface area contributed by atoms with E-state index in [1.807, 2.05) is 60.5 Å². The Morgan fingerprint density at radius 3 is 2.20 bits per heavy atom. The van der Waals surface area contributed by atoms with Gasteiger partial charge in [0.25, 0.3) is 0 Å². The van der Waals surface area contributed by atoms with Gasteiger partial charge in [0.1, 0.15) is 0 Å². The average molecular weight is 325 g/mol. The number of aryl methyl sites for hydroxylation is 1. The Morgan fingerprint density at radius 1 is 0.720 bits per heavy atom. The van der Waals surface area contributed by atoms with Crippen molar-refractivity contribution in [3.05, 3.63) is 84.4 Å². The Kier molecular flexibility index (Phi) is 3.90. The van der Waals surface area contributed by atoms with E-state index in [0.717, 1.165) is 27.8 Å². The highest BCUT2D eigenvalue weighted by atomic mass is 15.2. The van der Waals surface area contributed by atoms with Crippen molar-refractivity contribution in [1.82, 2.24) is 9.97 Å². The molecular formula is C22H19N3.